The van der Waals surface area contributed by atoms with E-state index in [1.807, 2.05) is 30.5 Å². The summed E-state index contributed by atoms with van der Waals surface area (Å²) in [7, 11) is 1.68. The van der Waals surface area contributed by atoms with Crippen LogP contribution in [0.1, 0.15) is 0 Å². The Morgan fingerprint density at radius 1 is 1.17 bits per heavy atom. The van der Waals surface area contributed by atoms with Crippen LogP contribution in [0.4, 0.5) is 5.82 Å². The third-order valence-corrected chi connectivity index (χ3v) is 3.88. The zero-order valence-electron chi connectivity index (χ0n) is 13.2. The van der Waals surface area contributed by atoms with Crippen LogP contribution in [0, 0.1) is 0 Å². The molecule has 0 saturated heterocycles. The third-order valence-electron chi connectivity index (χ3n) is 3.88. The van der Waals surface area contributed by atoms with E-state index in [1.165, 1.54) is 0 Å². The monoisotopic (exact) mass is 320 g/mol. The van der Waals surface area contributed by atoms with Crippen molar-refractivity contribution in [2.45, 2.75) is 0 Å². The van der Waals surface area contributed by atoms with Crippen molar-refractivity contribution in [2.75, 3.05) is 25.6 Å². The molecule has 4 aromatic rings. The summed E-state index contributed by atoms with van der Waals surface area (Å²) in [4.78, 5) is 13.4. The minimum Gasteiger partial charge on any atom is -0.383 e. The summed E-state index contributed by atoms with van der Waals surface area (Å²) in [5.74, 6) is 1.43. The number of methoxy groups -OCH3 is 1. The van der Waals surface area contributed by atoms with Gasteiger partial charge in [0.25, 0.3) is 0 Å². The van der Waals surface area contributed by atoms with Gasteiger partial charge in [-0.05, 0) is 12.1 Å². The molecule has 0 aliphatic heterocycles. The number of nitrogens with one attached hydrogen (secondary N) is 2. The second-order valence-corrected chi connectivity index (χ2v) is 5.33. The molecule has 0 spiro atoms. The molecule has 0 aliphatic rings. The molecule has 1 aromatic carbocycles. The summed E-state index contributed by atoms with van der Waals surface area (Å²) < 4.78 is 5.12. The highest BCUT2D eigenvalue weighted by Gasteiger charge is 2.13. The van der Waals surface area contributed by atoms with Crippen LogP contribution in [0.5, 0.6) is 0 Å². The van der Waals surface area contributed by atoms with Crippen molar-refractivity contribution in [1.29, 1.82) is 0 Å². The fourth-order valence-electron chi connectivity index (χ4n) is 2.79. The number of hydrogen-bond acceptors (Lipinski definition) is 6. The Morgan fingerprint density at radius 3 is 2.96 bits per heavy atom. The number of aromatic amines is 1. The molecule has 0 radical (unpaired) electrons. The van der Waals surface area contributed by atoms with Crippen LogP contribution in [-0.2, 0) is 4.74 Å². The molecule has 3 aromatic heterocycles. The van der Waals surface area contributed by atoms with Gasteiger partial charge in [-0.2, -0.15) is 5.10 Å². The van der Waals surface area contributed by atoms with E-state index in [1.54, 1.807) is 19.6 Å². The zero-order chi connectivity index (χ0) is 16.4. The van der Waals surface area contributed by atoms with E-state index in [9.17, 15) is 0 Å². The zero-order valence-corrected chi connectivity index (χ0v) is 13.2. The molecule has 0 amide bonds. The van der Waals surface area contributed by atoms with Crippen LogP contribution in [0.3, 0.4) is 0 Å². The van der Waals surface area contributed by atoms with Gasteiger partial charge in [-0.3, -0.25) is 10.1 Å². The maximum absolute atomic E-state index is 5.12. The van der Waals surface area contributed by atoms with Crippen molar-refractivity contribution < 1.29 is 4.74 Å². The minimum absolute atomic E-state index is 0.606. The van der Waals surface area contributed by atoms with Gasteiger partial charge in [0.15, 0.2) is 5.82 Å². The topological polar surface area (TPSA) is 88.6 Å². The molecule has 24 heavy (non-hydrogen) atoms. The molecule has 0 aliphatic carbocycles. The lowest BCUT2D eigenvalue weighted by Gasteiger charge is -2.12. The number of ether oxygens (including phenoxy) is 1. The van der Waals surface area contributed by atoms with Crippen LogP contribution < -0.4 is 5.32 Å². The lowest BCUT2D eigenvalue weighted by Crippen LogP contribution is -2.09. The van der Waals surface area contributed by atoms with E-state index in [4.69, 9.17) is 9.72 Å². The van der Waals surface area contributed by atoms with E-state index in [0.717, 1.165) is 33.1 Å². The van der Waals surface area contributed by atoms with E-state index >= 15 is 0 Å². The molecule has 0 saturated carbocycles. The Balaban J connectivity index is 1.98. The molecule has 7 nitrogen and oxygen atoms in total. The largest absolute Gasteiger partial charge is 0.383 e. The Hall–Kier alpha value is -3.06. The molecular weight excluding hydrogens is 304 g/mol. The van der Waals surface area contributed by atoms with E-state index in [2.05, 4.69) is 25.5 Å². The fourth-order valence-corrected chi connectivity index (χ4v) is 2.79. The first-order chi connectivity index (χ1) is 11.9. The molecule has 7 heteroatoms. The molecule has 2 N–H and O–H groups in total. The normalized spacial score (nSPS) is 11.2. The number of aromatic nitrogens is 5. The molecule has 0 unspecified atom stereocenters. The Kier molecular flexibility index (Phi) is 3.76. The molecular formula is C17H16N6O. The van der Waals surface area contributed by atoms with E-state index in [0.29, 0.717) is 19.0 Å². The van der Waals surface area contributed by atoms with Gasteiger partial charge >= 0.3 is 0 Å². The van der Waals surface area contributed by atoms with Crippen LogP contribution >= 0.6 is 0 Å². The SMILES string of the molecule is COCCNc1nc2c(-c3nc[nH]n3)cccc2c2cnccc12. The van der Waals surface area contributed by atoms with Gasteiger partial charge in [0.1, 0.15) is 12.1 Å². The van der Waals surface area contributed by atoms with Crippen LogP contribution in [0.15, 0.2) is 43.0 Å². The highest BCUT2D eigenvalue weighted by molar-refractivity contribution is 6.12. The molecule has 4 rings (SSSR count). The van der Waals surface area contributed by atoms with Crippen molar-refractivity contribution in [2.24, 2.45) is 0 Å². The molecule has 0 atom stereocenters. The Bertz CT molecular complexity index is 983. The molecule has 120 valence electrons. The van der Waals surface area contributed by atoms with Crippen molar-refractivity contribution in [3.63, 3.8) is 0 Å². The van der Waals surface area contributed by atoms with Crippen LogP contribution in [-0.4, -0.2) is 45.4 Å². The Labute approximate surface area is 138 Å². The predicted molar refractivity (Wildman–Crippen MR) is 92.8 cm³/mol. The number of pyridine rings is 2. The highest BCUT2D eigenvalue weighted by Crippen LogP contribution is 2.33. The van der Waals surface area contributed by atoms with Crippen molar-refractivity contribution in [1.82, 2.24) is 25.1 Å². The predicted octanol–water partition coefficient (Wildman–Crippen LogP) is 2.63. The van der Waals surface area contributed by atoms with Crippen LogP contribution in [0.2, 0.25) is 0 Å². The quantitative estimate of drug-likeness (QED) is 0.434. The number of para-hydroxylation sites is 1. The molecule has 3 heterocycles. The van der Waals surface area contributed by atoms with Crippen molar-refractivity contribution in [3.05, 3.63) is 43.0 Å². The van der Waals surface area contributed by atoms with Gasteiger partial charge in [-0.15, -0.1) is 0 Å². The first-order valence-electron chi connectivity index (χ1n) is 7.64. The fraction of sp³-hybridized carbons (Fsp3) is 0.176. The summed E-state index contributed by atoms with van der Waals surface area (Å²) in [6.45, 7) is 1.28. The molecule has 0 fully saturated rings. The van der Waals surface area contributed by atoms with Crippen LogP contribution in [0.25, 0.3) is 33.1 Å². The molecule has 0 bridgehead atoms. The number of nitrogens with zero attached hydrogens (tertiary/aromatic N) is 4. The maximum Gasteiger partial charge on any atom is 0.183 e. The maximum atomic E-state index is 5.12. The smallest absolute Gasteiger partial charge is 0.183 e. The van der Waals surface area contributed by atoms with Gasteiger partial charge < -0.3 is 10.1 Å². The summed E-state index contributed by atoms with van der Waals surface area (Å²) in [5, 5.41) is 13.4. The number of H-pyrrole nitrogens is 1. The summed E-state index contributed by atoms with van der Waals surface area (Å²) in [6, 6.07) is 7.97. The Morgan fingerprint density at radius 2 is 2.12 bits per heavy atom. The number of anilines is 1. The van der Waals surface area contributed by atoms with Crippen molar-refractivity contribution in [3.8, 4) is 11.4 Å². The summed E-state index contributed by atoms with van der Waals surface area (Å²) >= 11 is 0. The van der Waals surface area contributed by atoms with Gasteiger partial charge in [0.2, 0.25) is 0 Å². The van der Waals surface area contributed by atoms with E-state index in [-0.39, 0.29) is 0 Å². The van der Waals surface area contributed by atoms with Gasteiger partial charge in [0.05, 0.1) is 12.1 Å². The van der Waals surface area contributed by atoms with Gasteiger partial charge in [-0.25, -0.2) is 9.97 Å². The average molecular weight is 320 g/mol. The number of rotatable bonds is 5. The first-order valence-corrected chi connectivity index (χ1v) is 7.64. The number of hydrogen-bond donors (Lipinski definition) is 2. The highest BCUT2D eigenvalue weighted by atomic mass is 16.5. The standard InChI is InChI=1S/C17H16N6O/c1-24-8-7-19-16-12-5-6-18-9-14(12)11-3-2-4-13(15(11)22-16)17-20-10-21-23-17/h2-6,9-10H,7-8H2,1H3,(H,19,22)(H,20,21,23). The van der Waals surface area contributed by atoms with Gasteiger partial charge in [0, 0.05) is 47.8 Å². The first kappa shape index (κ1) is 14.5. The van der Waals surface area contributed by atoms with Gasteiger partial charge in [-0.1, -0.05) is 12.1 Å². The lowest BCUT2D eigenvalue weighted by molar-refractivity contribution is 0.210. The second kappa shape index (κ2) is 6.21. The summed E-state index contributed by atoms with van der Waals surface area (Å²) in [5.41, 5.74) is 1.73. The van der Waals surface area contributed by atoms with E-state index < -0.39 is 0 Å². The number of benzene rings is 1. The lowest BCUT2D eigenvalue weighted by atomic mass is 10.0. The van der Waals surface area contributed by atoms with Crippen molar-refractivity contribution >= 4 is 27.5 Å². The minimum atomic E-state index is 0.606. The second-order valence-electron chi connectivity index (χ2n) is 5.33. The summed E-state index contributed by atoms with van der Waals surface area (Å²) in [6.07, 6.45) is 5.20. The third kappa shape index (κ3) is 2.44. The number of fused-ring (bicyclic) bond motifs is 3. The average Bonchev–Trinajstić information content (AvgIpc) is 3.16.